The van der Waals surface area contributed by atoms with Crippen LogP contribution >= 0.6 is 0 Å². The summed E-state index contributed by atoms with van der Waals surface area (Å²) in [5.41, 5.74) is 4.91. The highest BCUT2D eigenvalue weighted by Crippen LogP contribution is 2.12. The lowest BCUT2D eigenvalue weighted by Crippen LogP contribution is -2.60. The first kappa shape index (κ1) is 17.4. The second-order valence-electron chi connectivity index (χ2n) is 5.31. The van der Waals surface area contributed by atoms with Crippen LogP contribution in [0.3, 0.4) is 0 Å². The highest BCUT2D eigenvalue weighted by Gasteiger charge is 2.33. The molecule has 4 heteroatoms. The molecule has 0 aliphatic carbocycles. The zero-order chi connectivity index (χ0) is 14.2. The van der Waals surface area contributed by atoms with Crippen molar-refractivity contribution in [3.05, 3.63) is 0 Å². The maximum absolute atomic E-state index is 11.7. The molecule has 18 heavy (non-hydrogen) atoms. The zero-order valence-electron chi connectivity index (χ0n) is 12.8. The number of hydrogen-bond donors (Lipinski definition) is 2. The fraction of sp³-hybridized carbons (Fsp3) is 0.929. The topological polar surface area (TPSA) is 58.4 Å². The van der Waals surface area contributed by atoms with E-state index >= 15 is 0 Å². The highest BCUT2D eigenvalue weighted by atomic mass is 16.1. The lowest BCUT2D eigenvalue weighted by Gasteiger charge is -2.37. The molecule has 0 fully saturated rings. The Morgan fingerprint density at radius 3 is 2.39 bits per heavy atom. The number of unbranched alkanes of at least 4 members (excludes halogenated alkanes) is 1. The van der Waals surface area contributed by atoms with E-state index in [0.717, 1.165) is 25.9 Å². The molecule has 0 aromatic rings. The quantitative estimate of drug-likeness (QED) is 0.627. The van der Waals surface area contributed by atoms with Crippen molar-refractivity contribution in [2.75, 3.05) is 19.6 Å². The Bertz CT molecular complexity index is 245. The Hall–Kier alpha value is -0.610. The Morgan fingerprint density at radius 2 is 2.00 bits per heavy atom. The van der Waals surface area contributed by atoms with E-state index in [1.165, 1.54) is 6.42 Å². The standard InChI is InChI=1S/C14H31N3O/c1-6-9-10-17(12(4)7-2)11-14(5,13(15)18)16-8-3/h12,16H,6-11H2,1-5H3,(H2,15,18). The average Bonchev–Trinajstić information content (AvgIpc) is 2.33. The van der Waals surface area contributed by atoms with Crippen molar-refractivity contribution in [1.82, 2.24) is 10.2 Å². The SMILES string of the molecule is CCCCN(CC(C)(NCC)C(N)=O)C(C)CC. The number of carbonyl (C=O) groups excluding carboxylic acids is 1. The van der Waals surface area contributed by atoms with Gasteiger partial charge in [0.05, 0.1) is 0 Å². The minimum Gasteiger partial charge on any atom is -0.368 e. The van der Waals surface area contributed by atoms with Crippen LogP contribution in [0.1, 0.15) is 53.9 Å². The van der Waals surface area contributed by atoms with Crippen LogP contribution in [0.4, 0.5) is 0 Å². The number of likely N-dealkylation sites (N-methyl/N-ethyl adjacent to an activating group) is 1. The van der Waals surface area contributed by atoms with Gasteiger partial charge in [0.2, 0.25) is 5.91 Å². The number of rotatable bonds is 10. The van der Waals surface area contributed by atoms with E-state index in [1.54, 1.807) is 0 Å². The first-order valence-corrected chi connectivity index (χ1v) is 7.20. The molecule has 2 unspecified atom stereocenters. The van der Waals surface area contributed by atoms with Crippen molar-refractivity contribution < 1.29 is 4.79 Å². The predicted octanol–water partition coefficient (Wildman–Crippen LogP) is 1.74. The van der Waals surface area contributed by atoms with E-state index in [9.17, 15) is 4.79 Å². The number of amides is 1. The predicted molar refractivity (Wildman–Crippen MR) is 77.5 cm³/mol. The molecule has 0 heterocycles. The monoisotopic (exact) mass is 257 g/mol. The van der Waals surface area contributed by atoms with E-state index in [2.05, 4.69) is 31.0 Å². The van der Waals surface area contributed by atoms with Crippen LogP contribution in [0.5, 0.6) is 0 Å². The summed E-state index contributed by atoms with van der Waals surface area (Å²) in [7, 11) is 0. The summed E-state index contributed by atoms with van der Waals surface area (Å²) in [5.74, 6) is -0.269. The summed E-state index contributed by atoms with van der Waals surface area (Å²) in [4.78, 5) is 14.0. The van der Waals surface area contributed by atoms with Gasteiger partial charge in [-0.15, -0.1) is 0 Å². The van der Waals surface area contributed by atoms with Crippen LogP contribution in [0.25, 0.3) is 0 Å². The van der Waals surface area contributed by atoms with Crippen molar-refractivity contribution >= 4 is 5.91 Å². The highest BCUT2D eigenvalue weighted by molar-refractivity contribution is 5.84. The zero-order valence-corrected chi connectivity index (χ0v) is 12.8. The smallest absolute Gasteiger partial charge is 0.238 e. The summed E-state index contributed by atoms with van der Waals surface area (Å²) >= 11 is 0. The number of carbonyl (C=O) groups is 1. The molecule has 0 spiro atoms. The van der Waals surface area contributed by atoms with Crippen LogP contribution in [-0.4, -0.2) is 42.0 Å². The number of nitrogens with one attached hydrogen (secondary N) is 1. The Balaban J connectivity index is 4.73. The van der Waals surface area contributed by atoms with E-state index in [1.807, 2.05) is 13.8 Å². The fourth-order valence-corrected chi connectivity index (χ4v) is 2.09. The fourth-order valence-electron chi connectivity index (χ4n) is 2.09. The van der Waals surface area contributed by atoms with E-state index in [-0.39, 0.29) is 5.91 Å². The Morgan fingerprint density at radius 1 is 1.39 bits per heavy atom. The van der Waals surface area contributed by atoms with Crippen molar-refractivity contribution in [2.45, 2.75) is 65.5 Å². The first-order valence-electron chi connectivity index (χ1n) is 7.20. The average molecular weight is 257 g/mol. The minimum atomic E-state index is -0.633. The molecule has 3 N–H and O–H groups in total. The van der Waals surface area contributed by atoms with Crippen LogP contribution < -0.4 is 11.1 Å². The van der Waals surface area contributed by atoms with Crippen LogP contribution in [-0.2, 0) is 4.79 Å². The second kappa shape index (κ2) is 8.48. The molecule has 0 aliphatic heterocycles. The summed E-state index contributed by atoms with van der Waals surface area (Å²) in [6, 6.07) is 0.480. The van der Waals surface area contributed by atoms with Gasteiger partial charge in [-0.3, -0.25) is 9.69 Å². The lowest BCUT2D eigenvalue weighted by atomic mass is 9.99. The van der Waals surface area contributed by atoms with Gasteiger partial charge in [-0.05, 0) is 39.8 Å². The second-order valence-corrected chi connectivity index (χ2v) is 5.31. The molecule has 0 bridgehead atoms. The molecule has 1 amide bonds. The molecule has 2 atom stereocenters. The third-order valence-corrected chi connectivity index (χ3v) is 3.64. The van der Waals surface area contributed by atoms with Gasteiger partial charge in [-0.25, -0.2) is 0 Å². The Labute approximate surface area is 112 Å². The number of hydrogen-bond acceptors (Lipinski definition) is 3. The largest absolute Gasteiger partial charge is 0.368 e. The molecule has 0 rings (SSSR count). The van der Waals surface area contributed by atoms with Crippen molar-refractivity contribution in [1.29, 1.82) is 0 Å². The maximum Gasteiger partial charge on any atom is 0.238 e. The third-order valence-electron chi connectivity index (χ3n) is 3.64. The summed E-state index contributed by atoms with van der Waals surface area (Å²) in [5, 5.41) is 3.23. The number of nitrogens with zero attached hydrogens (tertiary/aromatic N) is 1. The van der Waals surface area contributed by atoms with Crippen LogP contribution in [0, 0.1) is 0 Å². The molecule has 0 saturated heterocycles. The Kier molecular flexibility index (Phi) is 8.20. The molecular weight excluding hydrogens is 226 g/mol. The van der Waals surface area contributed by atoms with Gasteiger partial charge in [0.1, 0.15) is 5.54 Å². The molecule has 0 saturated carbocycles. The van der Waals surface area contributed by atoms with Crippen molar-refractivity contribution in [2.24, 2.45) is 5.73 Å². The molecule has 4 nitrogen and oxygen atoms in total. The molecule has 0 aromatic carbocycles. The molecule has 0 radical (unpaired) electrons. The van der Waals surface area contributed by atoms with E-state index in [0.29, 0.717) is 12.6 Å². The van der Waals surface area contributed by atoms with Gasteiger partial charge in [-0.2, -0.15) is 0 Å². The van der Waals surface area contributed by atoms with E-state index in [4.69, 9.17) is 5.73 Å². The van der Waals surface area contributed by atoms with Gasteiger partial charge >= 0.3 is 0 Å². The summed E-state index contributed by atoms with van der Waals surface area (Å²) < 4.78 is 0. The number of nitrogens with two attached hydrogens (primary N) is 1. The molecule has 0 aromatic heterocycles. The summed E-state index contributed by atoms with van der Waals surface area (Å²) in [6.07, 6.45) is 3.41. The van der Waals surface area contributed by atoms with Crippen LogP contribution in [0.15, 0.2) is 0 Å². The summed E-state index contributed by atoms with van der Waals surface area (Å²) in [6.45, 7) is 12.9. The maximum atomic E-state index is 11.7. The van der Waals surface area contributed by atoms with Gasteiger partial charge in [0.25, 0.3) is 0 Å². The number of primary amides is 1. The van der Waals surface area contributed by atoms with Crippen LogP contribution in [0.2, 0.25) is 0 Å². The van der Waals surface area contributed by atoms with Crippen molar-refractivity contribution in [3.63, 3.8) is 0 Å². The molecule has 108 valence electrons. The lowest BCUT2D eigenvalue weighted by molar-refractivity contribution is -0.124. The van der Waals surface area contributed by atoms with Gasteiger partial charge in [-0.1, -0.05) is 27.2 Å². The van der Waals surface area contributed by atoms with Gasteiger partial charge in [0.15, 0.2) is 0 Å². The van der Waals surface area contributed by atoms with Gasteiger partial charge < -0.3 is 11.1 Å². The van der Waals surface area contributed by atoms with Gasteiger partial charge in [0, 0.05) is 12.6 Å². The molecule has 0 aliphatic rings. The van der Waals surface area contributed by atoms with Crippen molar-refractivity contribution in [3.8, 4) is 0 Å². The molecular formula is C14H31N3O. The first-order chi connectivity index (χ1) is 8.41. The third kappa shape index (κ3) is 5.36. The minimum absolute atomic E-state index is 0.269. The van der Waals surface area contributed by atoms with E-state index < -0.39 is 5.54 Å². The normalized spacial score (nSPS) is 16.6.